The summed E-state index contributed by atoms with van der Waals surface area (Å²) in [4.78, 5) is 7.68. The van der Waals surface area contributed by atoms with E-state index in [2.05, 4.69) is 55.7 Å². The lowest BCUT2D eigenvalue weighted by Gasteiger charge is -2.35. The Balaban J connectivity index is 2.67. The van der Waals surface area contributed by atoms with Crippen LogP contribution in [0, 0.1) is 11.8 Å². The van der Waals surface area contributed by atoms with E-state index in [1.807, 2.05) is 0 Å². The molecule has 19 heavy (non-hydrogen) atoms. The molecular weight excluding hydrogens is 278 g/mol. The molecule has 0 amide bonds. The standard InChI is InChI=1S/C13H20ClN3OSi/c1-13(2,3)19(4,5)18-8-6-7-10-9-16-12(14)17-11(10)15/h9H,8H2,1-5H3,(H2,15,16,17). The van der Waals surface area contributed by atoms with Gasteiger partial charge in [0, 0.05) is 6.20 Å². The third-order valence-electron chi connectivity index (χ3n) is 3.32. The Labute approximate surface area is 120 Å². The van der Waals surface area contributed by atoms with Crippen molar-refractivity contribution >= 4 is 25.7 Å². The molecular formula is C13H20ClN3OSi. The van der Waals surface area contributed by atoms with Crippen LogP contribution in [0.15, 0.2) is 6.20 Å². The van der Waals surface area contributed by atoms with Gasteiger partial charge < -0.3 is 10.2 Å². The summed E-state index contributed by atoms with van der Waals surface area (Å²) in [6.45, 7) is 11.3. The topological polar surface area (TPSA) is 61.0 Å². The van der Waals surface area contributed by atoms with Gasteiger partial charge in [-0.3, -0.25) is 0 Å². The molecule has 6 heteroatoms. The number of hydrogen-bond acceptors (Lipinski definition) is 4. The largest absolute Gasteiger partial charge is 0.406 e. The lowest BCUT2D eigenvalue weighted by Crippen LogP contribution is -2.40. The first-order valence-electron chi connectivity index (χ1n) is 6.04. The summed E-state index contributed by atoms with van der Waals surface area (Å²) in [5.74, 6) is 6.14. The highest BCUT2D eigenvalue weighted by Gasteiger charge is 2.36. The predicted molar refractivity (Wildman–Crippen MR) is 81.5 cm³/mol. The fourth-order valence-corrected chi connectivity index (χ4v) is 2.04. The fourth-order valence-electron chi connectivity index (χ4n) is 1.03. The van der Waals surface area contributed by atoms with Crippen molar-refractivity contribution in [2.24, 2.45) is 0 Å². The molecule has 4 nitrogen and oxygen atoms in total. The van der Waals surface area contributed by atoms with E-state index in [0.29, 0.717) is 18.0 Å². The van der Waals surface area contributed by atoms with Gasteiger partial charge in [-0.15, -0.1) is 0 Å². The molecule has 0 aliphatic carbocycles. The molecule has 1 aromatic heterocycles. The summed E-state index contributed by atoms with van der Waals surface area (Å²) in [5, 5.41) is 0.303. The third-order valence-corrected chi connectivity index (χ3v) is 7.98. The van der Waals surface area contributed by atoms with Crippen LogP contribution < -0.4 is 5.73 Å². The van der Waals surface area contributed by atoms with Gasteiger partial charge in [-0.1, -0.05) is 32.6 Å². The maximum Gasteiger partial charge on any atom is 0.224 e. The van der Waals surface area contributed by atoms with Crippen molar-refractivity contribution in [3.05, 3.63) is 17.0 Å². The Bertz CT molecular complexity index is 515. The van der Waals surface area contributed by atoms with Crippen LogP contribution in [0.1, 0.15) is 26.3 Å². The van der Waals surface area contributed by atoms with E-state index < -0.39 is 8.32 Å². The molecule has 0 radical (unpaired) electrons. The van der Waals surface area contributed by atoms with Crippen molar-refractivity contribution in [1.29, 1.82) is 0 Å². The molecule has 0 fully saturated rings. The molecule has 0 aromatic carbocycles. The van der Waals surface area contributed by atoms with Crippen LogP contribution in [0.3, 0.4) is 0 Å². The average molecular weight is 298 g/mol. The number of nitrogens with zero attached hydrogens (tertiary/aromatic N) is 2. The summed E-state index contributed by atoms with van der Waals surface area (Å²) in [5.41, 5.74) is 6.26. The number of nitrogen functional groups attached to an aromatic ring is 1. The zero-order valence-corrected chi connectivity index (χ0v) is 13.8. The molecule has 0 aliphatic heterocycles. The van der Waals surface area contributed by atoms with Crippen molar-refractivity contribution in [2.75, 3.05) is 12.3 Å². The Kier molecular flexibility index (Phi) is 4.96. The second kappa shape index (κ2) is 5.91. The molecule has 1 rings (SSSR count). The fraction of sp³-hybridized carbons (Fsp3) is 0.538. The monoisotopic (exact) mass is 297 g/mol. The van der Waals surface area contributed by atoms with E-state index in [1.54, 1.807) is 0 Å². The van der Waals surface area contributed by atoms with Crippen molar-refractivity contribution in [3.8, 4) is 11.8 Å². The maximum atomic E-state index is 5.94. The summed E-state index contributed by atoms with van der Waals surface area (Å²) in [7, 11) is -1.75. The minimum Gasteiger partial charge on any atom is -0.406 e. The number of rotatable bonds is 2. The van der Waals surface area contributed by atoms with Gasteiger partial charge in [0.2, 0.25) is 5.28 Å². The molecule has 0 aliphatic rings. The number of aromatic nitrogens is 2. The molecule has 0 spiro atoms. The Morgan fingerprint density at radius 2 is 2.05 bits per heavy atom. The molecule has 0 saturated heterocycles. The first-order chi connectivity index (χ1) is 8.63. The molecule has 0 bridgehead atoms. The van der Waals surface area contributed by atoms with Crippen molar-refractivity contribution in [1.82, 2.24) is 9.97 Å². The number of hydrogen-bond donors (Lipinski definition) is 1. The first kappa shape index (κ1) is 16.0. The average Bonchev–Trinajstić information content (AvgIpc) is 2.25. The zero-order chi connectivity index (χ0) is 14.7. The van der Waals surface area contributed by atoms with E-state index in [1.165, 1.54) is 6.20 Å². The summed E-state index contributed by atoms with van der Waals surface area (Å²) in [6, 6.07) is 0. The highest BCUT2D eigenvalue weighted by atomic mass is 35.5. The van der Waals surface area contributed by atoms with Gasteiger partial charge in [-0.25, -0.2) is 4.98 Å². The minimum absolute atomic E-state index is 0.126. The van der Waals surface area contributed by atoms with Gasteiger partial charge in [0.05, 0.1) is 12.2 Å². The van der Waals surface area contributed by atoms with Crippen LogP contribution in [0.5, 0.6) is 0 Å². The van der Waals surface area contributed by atoms with E-state index >= 15 is 0 Å². The smallest absolute Gasteiger partial charge is 0.224 e. The molecule has 0 saturated carbocycles. The third kappa shape index (κ3) is 4.50. The maximum absolute atomic E-state index is 5.94. The molecule has 0 unspecified atom stereocenters. The predicted octanol–water partition coefficient (Wildman–Crippen LogP) is 3.09. The van der Waals surface area contributed by atoms with Gasteiger partial charge >= 0.3 is 0 Å². The van der Waals surface area contributed by atoms with Crippen molar-refractivity contribution in [3.63, 3.8) is 0 Å². The lowest BCUT2D eigenvalue weighted by molar-refractivity contribution is 0.334. The number of anilines is 1. The quantitative estimate of drug-likeness (QED) is 0.518. The van der Waals surface area contributed by atoms with Gasteiger partial charge in [0.25, 0.3) is 0 Å². The van der Waals surface area contributed by atoms with Crippen molar-refractivity contribution in [2.45, 2.75) is 38.9 Å². The van der Waals surface area contributed by atoms with Crippen LogP contribution >= 0.6 is 11.6 Å². The van der Waals surface area contributed by atoms with Crippen LogP contribution in [0.25, 0.3) is 0 Å². The molecule has 1 aromatic rings. The Morgan fingerprint density at radius 1 is 1.42 bits per heavy atom. The second-order valence-corrected chi connectivity index (χ2v) is 10.9. The molecule has 0 atom stereocenters. The van der Waals surface area contributed by atoms with Crippen LogP contribution in [0.2, 0.25) is 23.4 Å². The molecule has 104 valence electrons. The van der Waals surface area contributed by atoms with Crippen LogP contribution in [0.4, 0.5) is 5.82 Å². The summed E-state index contributed by atoms with van der Waals surface area (Å²) < 4.78 is 5.94. The SMILES string of the molecule is CC(C)(C)[Si](C)(C)OCC#Cc1cnc(Cl)nc1N. The van der Waals surface area contributed by atoms with E-state index in [9.17, 15) is 0 Å². The van der Waals surface area contributed by atoms with Crippen molar-refractivity contribution < 1.29 is 4.43 Å². The van der Waals surface area contributed by atoms with E-state index in [-0.39, 0.29) is 10.3 Å². The Morgan fingerprint density at radius 3 is 2.58 bits per heavy atom. The van der Waals surface area contributed by atoms with Gasteiger partial charge in [-0.2, -0.15) is 4.98 Å². The lowest BCUT2D eigenvalue weighted by atomic mass is 10.2. The summed E-state index contributed by atoms with van der Waals surface area (Å²) in [6.07, 6.45) is 1.52. The van der Waals surface area contributed by atoms with Gasteiger partial charge in [0.15, 0.2) is 8.32 Å². The summed E-state index contributed by atoms with van der Waals surface area (Å²) >= 11 is 5.62. The van der Waals surface area contributed by atoms with E-state index in [0.717, 1.165) is 0 Å². The Hall–Kier alpha value is -1.09. The highest BCUT2D eigenvalue weighted by Crippen LogP contribution is 2.36. The van der Waals surface area contributed by atoms with Gasteiger partial charge in [0.1, 0.15) is 5.82 Å². The number of nitrogens with two attached hydrogens (primary N) is 1. The normalized spacial score (nSPS) is 11.9. The van der Waals surface area contributed by atoms with E-state index in [4.69, 9.17) is 21.8 Å². The first-order valence-corrected chi connectivity index (χ1v) is 9.33. The molecule has 2 N–H and O–H groups in total. The minimum atomic E-state index is -1.75. The van der Waals surface area contributed by atoms with Crippen LogP contribution in [-0.2, 0) is 4.43 Å². The highest BCUT2D eigenvalue weighted by molar-refractivity contribution is 6.74. The van der Waals surface area contributed by atoms with Gasteiger partial charge in [-0.05, 0) is 29.7 Å². The second-order valence-electron chi connectivity index (χ2n) is 5.79. The van der Waals surface area contributed by atoms with Crippen LogP contribution in [-0.4, -0.2) is 24.9 Å². The number of halogens is 1. The zero-order valence-electron chi connectivity index (χ0n) is 12.0. The molecule has 1 heterocycles.